The Bertz CT molecular complexity index is 949. The van der Waals surface area contributed by atoms with Crippen LogP contribution in [0.2, 0.25) is 0 Å². The monoisotopic (exact) mass is 292 g/mol. The van der Waals surface area contributed by atoms with E-state index in [1.807, 2.05) is 0 Å². The van der Waals surface area contributed by atoms with Gasteiger partial charge in [0.25, 0.3) is 0 Å². The van der Waals surface area contributed by atoms with Gasteiger partial charge < -0.3 is 0 Å². The predicted octanol–water partition coefficient (Wildman–Crippen LogP) is 4.43. The van der Waals surface area contributed by atoms with E-state index in [2.05, 4.69) is 98.8 Å². The zero-order valence-corrected chi connectivity index (χ0v) is 13.2. The molecule has 0 N–H and O–H groups in total. The van der Waals surface area contributed by atoms with Crippen molar-refractivity contribution in [2.75, 3.05) is 0 Å². The minimum atomic E-state index is 1.26. The summed E-state index contributed by atoms with van der Waals surface area (Å²) >= 11 is 0. The van der Waals surface area contributed by atoms with E-state index in [9.17, 15) is 0 Å². The number of hydrogen-bond donors (Lipinski definition) is 0. The molecule has 0 radical (unpaired) electrons. The van der Waals surface area contributed by atoms with Crippen LogP contribution < -0.4 is 5.46 Å². The average Bonchev–Trinajstić information content (AvgIpc) is 2.62. The van der Waals surface area contributed by atoms with Gasteiger partial charge in [-0.05, 0) is 33.0 Å². The molecule has 0 aromatic heterocycles. The van der Waals surface area contributed by atoms with Crippen molar-refractivity contribution >= 4 is 24.1 Å². The summed E-state index contributed by atoms with van der Waals surface area (Å²) in [4.78, 5) is 0. The third-order valence-electron chi connectivity index (χ3n) is 4.35. The Hall–Kier alpha value is -2.80. The van der Waals surface area contributed by atoms with Crippen LogP contribution in [0.1, 0.15) is 0 Å². The lowest BCUT2D eigenvalue weighted by Gasteiger charge is -2.12. The van der Waals surface area contributed by atoms with Gasteiger partial charge in [-0.25, -0.2) is 0 Å². The second kappa shape index (κ2) is 5.77. The zero-order valence-electron chi connectivity index (χ0n) is 13.2. The summed E-state index contributed by atoms with van der Waals surface area (Å²) in [7, 11) is 2.13. The SMILES string of the molecule is Bc1ccc(-c2cccc3cccc(-c4ccccc4)c23)cc1. The summed E-state index contributed by atoms with van der Waals surface area (Å²) in [5.74, 6) is 0. The van der Waals surface area contributed by atoms with Crippen molar-refractivity contribution in [3.05, 3.63) is 91.0 Å². The smallest absolute Gasteiger partial charge is 0.0889 e. The second-order valence-electron chi connectivity index (χ2n) is 5.94. The highest BCUT2D eigenvalue weighted by atomic mass is 14.1. The van der Waals surface area contributed by atoms with Crippen molar-refractivity contribution in [3.63, 3.8) is 0 Å². The lowest BCUT2D eigenvalue weighted by atomic mass is 9.89. The van der Waals surface area contributed by atoms with Crippen LogP contribution in [0.5, 0.6) is 0 Å². The minimum Gasteiger partial charge on any atom is -0.0889 e. The van der Waals surface area contributed by atoms with Crippen molar-refractivity contribution in [2.45, 2.75) is 0 Å². The molecule has 0 saturated carbocycles. The van der Waals surface area contributed by atoms with Crippen LogP contribution in [-0.4, -0.2) is 7.85 Å². The van der Waals surface area contributed by atoms with Crippen LogP contribution in [0.25, 0.3) is 33.0 Å². The Morgan fingerprint density at radius 3 is 1.65 bits per heavy atom. The first-order chi connectivity index (χ1) is 11.3. The molecular weight excluding hydrogens is 275 g/mol. The molecule has 108 valence electrons. The van der Waals surface area contributed by atoms with Gasteiger partial charge in [0.2, 0.25) is 0 Å². The van der Waals surface area contributed by atoms with Crippen LogP contribution in [0.4, 0.5) is 0 Å². The second-order valence-corrected chi connectivity index (χ2v) is 5.94. The molecule has 0 aliphatic rings. The number of fused-ring (bicyclic) bond motifs is 1. The standard InChI is InChI=1S/C22H17B/c23-19-14-12-17(13-15-19)21-11-5-9-18-8-4-10-20(22(18)21)16-6-2-1-3-7-16/h1-15H,23H2. The lowest BCUT2D eigenvalue weighted by molar-refractivity contribution is 1.63. The fourth-order valence-electron chi connectivity index (χ4n) is 3.17. The molecule has 4 aromatic carbocycles. The molecule has 0 fully saturated rings. The Kier molecular flexibility index (Phi) is 3.47. The highest BCUT2D eigenvalue weighted by Crippen LogP contribution is 2.36. The summed E-state index contributed by atoms with van der Waals surface area (Å²) in [5, 5.41) is 2.61. The van der Waals surface area contributed by atoms with Gasteiger partial charge in [0.05, 0.1) is 0 Å². The van der Waals surface area contributed by atoms with Gasteiger partial charge in [-0.2, -0.15) is 0 Å². The van der Waals surface area contributed by atoms with Gasteiger partial charge in [-0.15, -0.1) is 0 Å². The maximum absolute atomic E-state index is 2.22. The minimum absolute atomic E-state index is 1.26. The van der Waals surface area contributed by atoms with E-state index in [1.54, 1.807) is 0 Å². The Morgan fingerprint density at radius 2 is 1.04 bits per heavy atom. The molecule has 0 unspecified atom stereocenters. The Labute approximate surface area is 137 Å². The molecule has 0 nitrogen and oxygen atoms in total. The highest BCUT2D eigenvalue weighted by molar-refractivity contribution is 6.32. The first-order valence-corrected chi connectivity index (χ1v) is 7.97. The van der Waals surface area contributed by atoms with Crippen LogP contribution in [-0.2, 0) is 0 Å². The molecule has 4 aromatic rings. The van der Waals surface area contributed by atoms with E-state index >= 15 is 0 Å². The van der Waals surface area contributed by atoms with Crippen LogP contribution in [0, 0.1) is 0 Å². The molecule has 0 spiro atoms. The molecule has 0 aliphatic heterocycles. The molecule has 0 bridgehead atoms. The van der Waals surface area contributed by atoms with E-state index in [0.29, 0.717) is 0 Å². The summed E-state index contributed by atoms with van der Waals surface area (Å²) < 4.78 is 0. The summed E-state index contributed by atoms with van der Waals surface area (Å²) in [5.41, 5.74) is 6.40. The maximum Gasteiger partial charge on any atom is 0.139 e. The van der Waals surface area contributed by atoms with E-state index in [1.165, 1.54) is 38.5 Å². The van der Waals surface area contributed by atoms with Crippen LogP contribution in [0.15, 0.2) is 91.0 Å². The molecular formula is C22H17B. The van der Waals surface area contributed by atoms with E-state index in [4.69, 9.17) is 0 Å². The fraction of sp³-hybridized carbons (Fsp3) is 0. The molecule has 0 amide bonds. The van der Waals surface area contributed by atoms with Crippen molar-refractivity contribution in [1.29, 1.82) is 0 Å². The molecule has 23 heavy (non-hydrogen) atoms. The van der Waals surface area contributed by atoms with Gasteiger partial charge in [0.15, 0.2) is 0 Å². The summed E-state index contributed by atoms with van der Waals surface area (Å²) in [6, 6.07) is 32.5. The van der Waals surface area contributed by atoms with E-state index < -0.39 is 0 Å². The fourth-order valence-corrected chi connectivity index (χ4v) is 3.17. The largest absolute Gasteiger partial charge is 0.139 e. The topological polar surface area (TPSA) is 0 Å². The molecule has 0 heterocycles. The Balaban J connectivity index is 2.04. The Morgan fingerprint density at radius 1 is 0.478 bits per heavy atom. The van der Waals surface area contributed by atoms with Gasteiger partial charge in [-0.3, -0.25) is 0 Å². The molecule has 4 rings (SSSR count). The maximum atomic E-state index is 2.22. The highest BCUT2D eigenvalue weighted by Gasteiger charge is 2.09. The third kappa shape index (κ3) is 2.55. The van der Waals surface area contributed by atoms with E-state index in [-0.39, 0.29) is 0 Å². The predicted molar refractivity (Wildman–Crippen MR) is 103 cm³/mol. The van der Waals surface area contributed by atoms with Crippen molar-refractivity contribution in [1.82, 2.24) is 0 Å². The summed E-state index contributed by atoms with van der Waals surface area (Å²) in [6.07, 6.45) is 0. The van der Waals surface area contributed by atoms with Crippen molar-refractivity contribution in [3.8, 4) is 22.3 Å². The van der Waals surface area contributed by atoms with Crippen molar-refractivity contribution < 1.29 is 0 Å². The molecule has 1 heteroatoms. The van der Waals surface area contributed by atoms with Gasteiger partial charge >= 0.3 is 0 Å². The van der Waals surface area contributed by atoms with Gasteiger partial charge in [0, 0.05) is 0 Å². The number of hydrogen-bond acceptors (Lipinski definition) is 0. The van der Waals surface area contributed by atoms with Gasteiger partial charge in [-0.1, -0.05) is 96.5 Å². The van der Waals surface area contributed by atoms with Crippen LogP contribution in [0.3, 0.4) is 0 Å². The molecule has 0 aliphatic carbocycles. The number of benzene rings is 4. The first kappa shape index (κ1) is 13.8. The van der Waals surface area contributed by atoms with E-state index in [0.717, 1.165) is 0 Å². The van der Waals surface area contributed by atoms with Crippen molar-refractivity contribution in [2.24, 2.45) is 0 Å². The average molecular weight is 292 g/mol. The third-order valence-corrected chi connectivity index (χ3v) is 4.35. The molecule has 0 saturated heterocycles. The quantitative estimate of drug-likeness (QED) is 0.479. The van der Waals surface area contributed by atoms with Crippen LogP contribution >= 0.6 is 0 Å². The molecule has 0 atom stereocenters. The lowest BCUT2D eigenvalue weighted by Crippen LogP contribution is -1.99. The normalized spacial score (nSPS) is 10.8. The van der Waals surface area contributed by atoms with Gasteiger partial charge in [0.1, 0.15) is 7.85 Å². The number of rotatable bonds is 2. The first-order valence-electron chi connectivity index (χ1n) is 7.97. The summed E-state index contributed by atoms with van der Waals surface area (Å²) in [6.45, 7) is 0. The zero-order chi connectivity index (χ0) is 15.6.